The summed E-state index contributed by atoms with van der Waals surface area (Å²) in [6.45, 7) is 3.80. The Morgan fingerprint density at radius 1 is 1.16 bits per heavy atom. The van der Waals surface area contributed by atoms with E-state index in [1.54, 1.807) is 24.4 Å². The van der Waals surface area contributed by atoms with E-state index >= 15 is 0 Å². The Morgan fingerprint density at radius 2 is 1.92 bits per heavy atom. The Hall–Kier alpha value is -2.70. The van der Waals surface area contributed by atoms with Crippen molar-refractivity contribution >= 4 is 34.9 Å². The SMILES string of the molecule is CC1(C)OB(O)c2cc(NC(=O)c3cc4ccccc4cn3)ccc21. The van der Waals surface area contributed by atoms with Crippen LogP contribution in [0.15, 0.2) is 54.7 Å². The molecule has 0 spiro atoms. The summed E-state index contributed by atoms with van der Waals surface area (Å²) in [5, 5.41) is 14.8. The molecule has 0 fully saturated rings. The smallest absolute Gasteiger partial charge is 0.423 e. The number of carbonyl (C=O) groups excluding carboxylic acids is 1. The van der Waals surface area contributed by atoms with E-state index in [4.69, 9.17) is 4.65 Å². The predicted octanol–water partition coefficient (Wildman–Crippen LogP) is 2.44. The molecule has 6 heteroatoms. The number of hydrogen-bond acceptors (Lipinski definition) is 4. The van der Waals surface area contributed by atoms with Crippen LogP contribution in [0.4, 0.5) is 5.69 Å². The van der Waals surface area contributed by atoms with Crippen LogP contribution in [0.2, 0.25) is 0 Å². The highest BCUT2D eigenvalue weighted by atomic mass is 16.5. The van der Waals surface area contributed by atoms with Gasteiger partial charge in [-0.3, -0.25) is 9.78 Å². The average molecular weight is 332 g/mol. The highest BCUT2D eigenvalue weighted by Gasteiger charge is 2.40. The number of aromatic nitrogens is 1. The minimum absolute atomic E-state index is 0.293. The topological polar surface area (TPSA) is 71.5 Å². The molecule has 0 bridgehead atoms. The molecule has 1 aliphatic rings. The summed E-state index contributed by atoms with van der Waals surface area (Å²) >= 11 is 0. The summed E-state index contributed by atoms with van der Waals surface area (Å²) in [5.41, 5.74) is 1.99. The van der Waals surface area contributed by atoms with Gasteiger partial charge in [-0.15, -0.1) is 0 Å². The fourth-order valence-corrected chi connectivity index (χ4v) is 3.20. The molecular formula is C19H17BN2O3. The Kier molecular flexibility index (Phi) is 3.60. The van der Waals surface area contributed by atoms with Crippen molar-refractivity contribution in [3.63, 3.8) is 0 Å². The zero-order valence-corrected chi connectivity index (χ0v) is 14.0. The zero-order chi connectivity index (χ0) is 17.6. The van der Waals surface area contributed by atoms with Crippen LogP contribution in [0.3, 0.4) is 0 Å². The Labute approximate surface area is 145 Å². The van der Waals surface area contributed by atoms with Gasteiger partial charge >= 0.3 is 7.12 Å². The first-order valence-corrected chi connectivity index (χ1v) is 8.10. The first kappa shape index (κ1) is 15.8. The number of nitrogens with zero attached hydrogens (tertiary/aromatic N) is 1. The molecule has 25 heavy (non-hydrogen) atoms. The van der Waals surface area contributed by atoms with Gasteiger partial charge in [-0.05, 0) is 48.5 Å². The molecule has 2 heterocycles. The van der Waals surface area contributed by atoms with Gasteiger partial charge in [0.1, 0.15) is 5.69 Å². The molecule has 1 aromatic heterocycles. The molecule has 1 amide bonds. The lowest BCUT2D eigenvalue weighted by molar-refractivity contribution is 0.100. The van der Waals surface area contributed by atoms with Gasteiger partial charge in [-0.25, -0.2) is 0 Å². The van der Waals surface area contributed by atoms with E-state index in [9.17, 15) is 9.82 Å². The molecule has 4 rings (SSSR count). The Morgan fingerprint density at radius 3 is 2.72 bits per heavy atom. The third-order valence-corrected chi connectivity index (χ3v) is 4.49. The van der Waals surface area contributed by atoms with Crippen molar-refractivity contribution in [1.29, 1.82) is 0 Å². The van der Waals surface area contributed by atoms with Crippen LogP contribution >= 0.6 is 0 Å². The molecule has 5 nitrogen and oxygen atoms in total. The number of anilines is 1. The fourth-order valence-electron chi connectivity index (χ4n) is 3.20. The van der Waals surface area contributed by atoms with Gasteiger partial charge in [0.25, 0.3) is 5.91 Å². The predicted molar refractivity (Wildman–Crippen MR) is 97.9 cm³/mol. The van der Waals surface area contributed by atoms with E-state index in [2.05, 4.69) is 10.3 Å². The molecule has 2 aromatic carbocycles. The van der Waals surface area contributed by atoms with Crippen molar-refractivity contribution in [2.75, 3.05) is 5.32 Å². The van der Waals surface area contributed by atoms with Crippen molar-refractivity contribution in [1.82, 2.24) is 4.98 Å². The van der Waals surface area contributed by atoms with Crippen LogP contribution in [-0.2, 0) is 10.3 Å². The van der Waals surface area contributed by atoms with Crippen LogP contribution in [0.25, 0.3) is 10.8 Å². The number of amides is 1. The molecule has 124 valence electrons. The molecule has 1 aliphatic heterocycles. The van der Waals surface area contributed by atoms with Gasteiger partial charge in [0.2, 0.25) is 0 Å². The third-order valence-electron chi connectivity index (χ3n) is 4.49. The van der Waals surface area contributed by atoms with Crippen molar-refractivity contribution in [3.05, 3.63) is 66.0 Å². The molecule has 0 aliphatic carbocycles. The number of rotatable bonds is 2. The van der Waals surface area contributed by atoms with E-state index in [1.807, 2.05) is 44.2 Å². The molecule has 0 saturated heterocycles. The van der Waals surface area contributed by atoms with Gasteiger partial charge in [-0.1, -0.05) is 30.3 Å². The highest BCUT2D eigenvalue weighted by Crippen LogP contribution is 2.30. The van der Waals surface area contributed by atoms with Crippen LogP contribution < -0.4 is 10.8 Å². The van der Waals surface area contributed by atoms with E-state index in [0.717, 1.165) is 16.3 Å². The van der Waals surface area contributed by atoms with Gasteiger partial charge in [-0.2, -0.15) is 0 Å². The first-order valence-electron chi connectivity index (χ1n) is 8.10. The minimum Gasteiger partial charge on any atom is -0.423 e. The van der Waals surface area contributed by atoms with Crippen LogP contribution in [0, 0.1) is 0 Å². The summed E-state index contributed by atoms with van der Waals surface area (Å²) in [6, 6.07) is 14.9. The second-order valence-corrected chi connectivity index (χ2v) is 6.65. The first-order chi connectivity index (χ1) is 11.9. The van der Waals surface area contributed by atoms with Crippen LogP contribution in [-0.4, -0.2) is 23.0 Å². The quantitative estimate of drug-likeness (QED) is 0.707. The molecule has 2 N–H and O–H groups in total. The maximum Gasteiger partial charge on any atom is 0.492 e. The Balaban J connectivity index is 1.61. The highest BCUT2D eigenvalue weighted by molar-refractivity contribution is 6.62. The molecule has 0 saturated carbocycles. The summed E-state index contributed by atoms with van der Waals surface area (Å²) in [5.74, 6) is -0.293. The lowest BCUT2D eigenvalue weighted by Gasteiger charge is -2.19. The summed E-state index contributed by atoms with van der Waals surface area (Å²) in [4.78, 5) is 16.7. The van der Waals surface area contributed by atoms with Gasteiger partial charge in [0.15, 0.2) is 0 Å². The Bertz CT molecular complexity index is 987. The molecule has 0 atom stereocenters. The van der Waals surface area contributed by atoms with Crippen molar-refractivity contribution in [2.45, 2.75) is 19.4 Å². The van der Waals surface area contributed by atoms with Crippen molar-refractivity contribution in [3.8, 4) is 0 Å². The largest absolute Gasteiger partial charge is 0.492 e. The second kappa shape index (κ2) is 5.69. The summed E-state index contributed by atoms with van der Waals surface area (Å²) in [7, 11) is -0.986. The number of nitrogens with one attached hydrogen (secondary N) is 1. The third kappa shape index (κ3) is 2.79. The number of pyridine rings is 1. The number of fused-ring (bicyclic) bond motifs is 2. The van der Waals surface area contributed by atoms with E-state index in [1.165, 1.54) is 0 Å². The van der Waals surface area contributed by atoms with Crippen LogP contribution in [0.1, 0.15) is 29.9 Å². The van der Waals surface area contributed by atoms with Gasteiger partial charge in [0.05, 0.1) is 5.60 Å². The summed E-state index contributed by atoms with van der Waals surface area (Å²) in [6.07, 6.45) is 1.69. The zero-order valence-electron chi connectivity index (χ0n) is 14.0. The van der Waals surface area contributed by atoms with Crippen LogP contribution in [0.5, 0.6) is 0 Å². The normalized spacial score (nSPS) is 15.2. The molecular weight excluding hydrogens is 315 g/mol. The number of hydrogen-bond donors (Lipinski definition) is 2. The molecule has 0 unspecified atom stereocenters. The van der Waals surface area contributed by atoms with E-state index in [0.29, 0.717) is 16.8 Å². The lowest BCUT2D eigenvalue weighted by atomic mass is 9.78. The summed E-state index contributed by atoms with van der Waals surface area (Å²) < 4.78 is 5.54. The minimum atomic E-state index is -0.986. The second-order valence-electron chi connectivity index (χ2n) is 6.65. The maximum absolute atomic E-state index is 12.5. The van der Waals surface area contributed by atoms with Gasteiger partial charge < -0.3 is 15.0 Å². The molecule has 3 aromatic rings. The average Bonchev–Trinajstić information content (AvgIpc) is 2.83. The fraction of sp³-hybridized carbons (Fsp3) is 0.158. The van der Waals surface area contributed by atoms with Crippen molar-refractivity contribution < 1.29 is 14.5 Å². The monoisotopic (exact) mass is 332 g/mol. The van der Waals surface area contributed by atoms with E-state index in [-0.39, 0.29) is 5.91 Å². The van der Waals surface area contributed by atoms with Gasteiger partial charge in [0, 0.05) is 17.3 Å². The lowest BCUT2D eigenvalue weighted by Crippen LogP contribution is -2.29. The van der Waals surface area contributed by atoms with E-state index < -0.39 is 12.7 Å². The standard InChI is InChI=1S/C19H17BN2O3/c1-19(2)15-8-7-14(10-16(15)20(24)25-19)22-18(23)17-9-12-5-3-4-6-13(12)11-21-17/h3-11,24H,1-2H3,(H,22,23). The number of benzene rings is 2. The molecule has 0 radical (unpaired) electrons. The maximum atomic E-state index is 12.5. The number of carbonyl (C=O) groups is 1. The van der Waals surface area contributed by atoms with Crippen molar-refractivity contribution in [2.24, 2.45) is 0 Å².